The SMILES string of the molecule is FC(F)Oc1ccc(Nc2nc(N3CCOCC3)nc(N3CCOCC3)n2)cc1. The number of alkyl halides is 2. The average Bonchev–Trinajstić information content (AvgIpc) is 2.76. The van der Waals surface area contributed by atoms with Crippen molar-refractivity contribution >= 4 is 23.5 Å². The molecule has 2 aliphatic heterocycles. The second kappa shape index (κ2) is 9.14. The molecule has 156 valence electrons. The minimum absolute atomic E-state index is 0.0872. The topological polar surface area (TPSA) is 84.9 Å². The molecule has 3 heterocycles. The van der Waals surface area contributed by atoms with Gasteiger partial charge < -0.3 is 29.3 Å². The van der Waals surface area contributed by atoms with Gasteiger partial charge in [-0.2, -0.15) is 23.7 Å². The summed E-state index contributed by atoms with van der Waals surface area (Å²) < 4.78 is 39.8. The number of nitrogens with zero attached hydrogens (tertiary/aromatic N) is 5. The van der Waals surface area contributed by atoms with E-state index in [1.165, 1.54) is 12.1 Å². The molecule has 0 aliphatic carbocycles. The maximum absolute atomic E-state index is 12.3. The molecule has 0 saturated carbocycles. The highest BCUT2D eigenvalue weighted by Crippen LogP contribution is 2.23. The number of hydrogen-bond donors (Lipinski definition) is 1. The van der Waals surface area contributed by atoms with Crippen LogP contribution in [0.1, 0.15) is 0 Å². The number of aromatic nitrogens is 3. The number of ether oxygens (including phenoxy) is 3. The molecule has 0 spiro atoms. The van der Waals surface area contributed by atoms with Crippen LogP contribution in [0.4, 0.5) is 32.3 Å². The Morgan fingerprint density at radius 2 is 1.34 bits per heavy atom. The Morgan fingerprint density at radius 3 is 1.83 bits per heavy atom. The molecule has 1 aromatic heterocycles. The van der Waals surface area contributed by atoms with Crippen molar-refractivity contribution in [2.75, 3.05) is 67.7 Å². The van der Waals surface area contributed by atoms with Gasteiger partial charge in [-0.25, -0.2) is 0 Å². The fourth-order valence-corrected chi connectivity index (χ4v) is 3.07. The largest absolute Gasteiger partial charge is 0.435 e. The van der Waals surface area contributed by atoms with Crippen LogP contribution >= 0.6 is 0 Å². The van der Waals surface area contributed by atoms with Gasteiger partial charge in [0, 0.05) is 31.9 Å². The first-order valence-corrected chi connectivity index (χ1v) is 9.41. The first-order valence-electron chi connectivity index (χ1n) is 9.41. The van der Waals surface area contributed by atoms with Gasteiger partial charge in [0.05, 0.1) is 26.4 Å². The van der Waals surface area contributed by atoms with Crippen LogP contribution in [0.15, 0.2) is 24.3 Å². The van der Waals surface area contributed by atoms with Crippen molar-refractivity contribution in [3.63, 3.8) is 0 Å². The normalized spacial score (nSPS) is 17.5. The molecule has 2 fully saturated rings. The highest BCUT2D eigenvalue weighted by Gasteiger charge is 2.20. The van der Waals surface area contributed by atoms with Crippen molar-refractivity contribution in [1.82, 2.24) is 15.0 Å². The maximum Gasteiger partial charge on any atom is 0.387 e. The second-order valence-corrected chi connectivity index (χ2v) is 6.49. The van der Waals surface area contributed by atoms with Crippen molar-refractivity contribution < 1.29 is 23.0 Å². The minimum Gasteiger partial charge on any atom is -0.435 e. The number of anilines is 4. The summed E-state index contributed by atoms with van der Waals surface area (Å²) in [4.78, 5) is 17.8. The molecule has 0 radical (unpaired) electrons. The van der Waals surface area contributed by atoms with Crippen molar-refractivity contribution in [1.29, 1.82) is 0 Å². The van der Waals surface area contributed by atoms with E-state index in [1.807, 2.05) is 0 Å². The molecule has 2 saturated heterocycles. The maximum atomic E-state index is 12.3. The number of hydrogen-bond acceptors (Lipinski definition) is 9. The zero-order valence-electron chi connectivity index (χ0n) is 15.8. The van der Waals surface area contributed by atoms with E-state index >= 15 is 0 Å². The Hall–Kier alpha value is -2.79. The zero-order chi connectivity index (χ0) is 20.1. The molecule has 0 atom stereocenters. The predicted molar refractivity (Wildman–Crippen MR) is 102 cm³/mol. The average molecular weight is 408 g/mol. The minimum atomic E-state index is -2.86. The predicted octanol–water partition coefficient (Wildman–Crippen LogP) is 1.89. The summed E-state index contributed by atoms with van der Waals surface area (Å²) in [6.45, 7) is 2.42. The molecule has 1 aromatic carbocycles. The van der Waals surface area contributed by atoms with Gasteiger partial charge >= 0.3 is 6.61 Å². The molecule has 1 N–H and O–H groups in total. The second-order valence-electron chi connectivity index (χ2n) is 6.49. The van der Waals surface area contributed by atoms with Crippen LogP contribution in [0.25, 0.3) is 0 Å². The third-order valence-corrected chi connectivity index (χ3v) is 4.54. The standard InChI is InChI=1S/C18H22F2N6O3/c19-15(20)29-14-3-1-13(2-4-14)21-16-22-17(25-5-9-27-10-6-25)24-18(23-16)26-7-11-28-12-8-26/h1-4,15H,5-12H2,(H,21,22,23,24). The van der Waals surface area contributed by atoms with Gasteiger partial charge in [0.15, 0.2) is 0 Å². The molecular formula is C18H22F2N6O3. The van der Waals surface area contributed by atoms with Gasteiger partial charge in [-0.05, 0) is 24.3 Å². The third-order valence-electron chi connectivity index (χ3n) is 4.54. The van der Waals surface area contributed by atoms with Crippen LogP contribution in [0, 0.1) is 0 Å². The fraction of sp³-hybridized carbons (Fsp3) is 0.500. The Balaban J connectivity index is 1.57. The van der Waals surface area contributed by atoms with E-state index < -0.39 is 6.61 Å². The molecule has 2 aliphatic rings. The Bertz CT molecular complexity index is 762. The number of halogens is 2. The van der Waals surface area contributed by atoms with E-state index in [-0.39, 0.29) is 5.75 Å². The number of morpholine rings is 2. The van der Waals surface area contributed by atoms with Gasteiger partial charge in [0.25, 0.3) is 0 Å². The lowest BCUT2D eigenvalue weighted by Crippen LogP contribution is -2.40. The fourth-order valence-electron chi connectivity index (χ4n) is 3.07. The van der Waals surface area contributed by atoms with Crippen molar-refractivity contribution in [2.45, 2.75) is 6.61 Å². The van der Waals surface area contributed by atoms with Crippen molar-refractivity contribution in [3.05, 3.63) is 24.3 Å². The summed E-state index contributed by atoms with van der Waals surface area (Å²) in [7, 11) is 0. The first kappa shape index (κ1) is 19.5. The van der Waals surface area contributed by atoms with E-state index in [1.54, 1.807) is 12.1 Å². The lowest BCUT2D eigenvalue weighted by atomic mass is 10.3. The molecule has 2 aromatic rings. The highest BCUT2D eigenvalue weighted by atomic mass is 19.3. The molecule has 11 heteroatoms. The molecule has 29 heavy (non-hydrogen) atoms. The van der Waals surface area contributed by atoms with Gasteiger partial charge in [-0.3, -0.25) is 0 Å². The van der Waals surface area contributed by atoms with E-state index in [2.05, 4.69) is 34.8 Å². The van der Waals surface area contributed by atoms with E-state index in [9.17, 15) is 8.78 Å². The van der Waals surface area contributed by atoms with E-state index in [0.717, 1.165) is 0 Å². The Kier molecular flexibility index (Phi) is 6.15. The number of benzene rings is 1. The molecule has 4 rings (SSSR count). The van der Waals surface area contributed by atoms with Crippen LogP contribution < -0.4 is 19.9 Å². The molecular weight excluding hydrogens is 386 g/mol. The summed E-state index contributed by atoms with van der Waals surface area (Å²) in [5, 5.41) is 3.12. The van der Waals surface area contributed by atoms with Crippen LogP contribution in [0.5, 0.6) is 5.75 Å². The van der Waals surface area contributed by atoms with Gasteiger partial charge in [-0.1, -0.05) is 0 Å². The monoisotopic (exact) mass is 408 g/mol. The number of nitrogens with one attached hydrogen (secondary N) is 1. The number of rotatable bonds is 6. The lowest BCUT2D eigenvalue weighted by molar-refractivity contribution is -0.0498. The zero-order valence-corrected chi connectivity index (χ0v) is 15.8. The summed E-state index contributed by atoms with van der Waals surface area (Å²) in [6.07, 6.45) is 0. The summed E-state index contributed by atoms with van der Waals surface area (Å²) >= 11 is 0. The van der Waals surface area contributed by atoms with Crippen LogP contribution in [0.2, 0.25) is 0 Å². The van der Waals surface area contributed by atoms with Crippen molar-refractivity contribution in [2.24, 2.45) is 0 Å². The van der Waals surface area contributed by atoms with Crippen LogP contribution in [-0.4, -0.2) is 74.2 Å². The Labute approximate surface area is 166 Å². The molecule has 0 bridgehead atoms. The van der Waals surface area contributed by atoms with Crippen LogP contribution in [-0.2, 0) is 9.47 Å². The van der Waals surface area contributed by atoms with Crippen LogP contribution in [0.3, 0.4) is 0 Å². The molecule has 0 amide bonds. The lowest BCUT2D eigenvalue weighted by Gasteiger charge is -2.30. The summed E-state index contributed by atoms with van der Waals surface area (Å²) in [5.41, 5.74) is 0.652. The summed E-state index contributed by atoms with van der Waals surface area (Å²) in [5.74, 6) is 1.62. The van der Waals surface area contributed by atoms with E-state index in [0.29, 0.717) is 76.1 Å². The first-order chi connectivity index (χ1) is 14.2. The molecule has 9 nitrogen and oxygen atoms in total. The highest BCUT2D eigenvalue weighted by molar-refractivity contribution is 5.57. The Morgan fingerprint density at radius 1 is 0.828 bits per heavy atom. The third kappa shape index (κ3) is 5.18. The van der Waals surface area contributed by atoms with Crippen molar-refractivity contribution in [3.8, 4) is 5.75 Å². The molecule has 0 unspecified atom stereocenters. The quantitative estimate of drug-likeness (QED) is 0.770. The van der Waals surface area contributed by atoms with Gasteiger partial charge in [0.2, 0.25) is 17.8 Å². The van der Waals surface area contributed by atoms with Gasteiger partial charge in [0.1, 0.15) is 5.75 Å². The van der Waals surface area contributed by atoms with Gasteiger partial charge in [-0.15, -0.1) is 0 Å². The van der Waals surface area contributed by atoms with E-state index in [4.69, 9.17) is 9.47 Å². The summed E-state index contributed by atoms with van der Waals surface area (Å²) in [6, 6.07) is 6.18. The smallest absolute Gasteiger partial charge is 0.387 e.